The zero-order valence-corrected chi connectivity index (χ0v) is 47.6. The van der Waals surface area contributed by atoms with Crippen molar-refractivity contribution in [2.24, 2.45) is 17.8 Å². The van der Waals surface area contributed by atoms with E-state index in [1.54, 1.807) is 20.8 Å². The highest BCUT2D eigenvalue weighted by Crippen LogP contribution is 2.41. The van der Waals surface area contributed by atoms with Crippen LogP contribution in [0.5, 0.6) is 0 Å². The molecule has 3 rings (SSSR count). The van der Waals surface area contributed by atoms with Crippen LogP contribution in [0, 0.1) is 17.8 Å². The Kier molecular flexibility index (Phi) is 33.0. The maximum atomic E-state index is 13.6. The summed E-state index contributed by atoms with van der Waals surface area (Å²) in [6.07, 6.45) is -8.13. The second-order valence-electron chi connectivity index (χ2n) is 19.7. The summed E-state index contributed by atoms with van der Waals surface area (Å²) in [5.41, 5.74) is -3.35. The second kappa shape index (κ2) is 36.3. The van der Waals surface area contributed by atoms with Gasteiger partial charge in [0.15, 0.2) is 17.3 Å². The summed E-state index contributed by atoms with van der Waals surface area (Å²) in [5, 5.41) is 92.5. The van der Waals surface area contributed by atoms with Gasteiger partial charge in [-0.1, -0.05) is 20.8 Å². The Morgan fingerprint density at radius 2 is 0.922 bits per heavy atom. The average molecular weight is 1190 g/mol. The molecule has 0 radical (unpaired) electrons. The molecule has 0 bridgehead atoms. The first-order valence-electron chi connectivity index (χ1n) is 25.9. The van der Waals surface area contributed by atoms with Crippen molar-refractivity contribution in [1.82, 2.24) is 5.32 Å². The van der Waals surface area contributed by atoms with Crippen LogP contribution in [0.2, 0.25) is 0 Å². The molecule has 16 atom stereocenters. The Hall–Kier alpha value is -1.29. The first-order chi connectivity index (χ1) is 36.5. The molecule has 25 nitrogen and oxygen atoms in total. The van der Waals surface area contributed by atoms with Crippen LogP contribution in [0.4, 0.5) is 0 Å². The molecule has 3 heterocycles. The predicted molar refractivity (Wildman–Crippen MR) is 280 cm³/mol. The molecule has 0 aromatic carbocycles. The zero-order chi connectivity index (χ0) is 57.3. The van der Waals surface area contributed by atoms with E-state index in [9.17, 15) is 79.4 Å². The van der Waals surface area contributed by atoms with E-state index in [-0.39, 0.29) is 30.8 Å². The van der Waals surface area contributed by atoms with Crippen LogP contribution in [0.3, 0.4) is 0 Å². The van der Waals surface area contributed by atoms with Gasteiger partial charge in [0.1, 0.15) is 90.9 Å². The Morgan fingerprint density at radius 1 is 0.558 bits per heavy atom. The number of nitrogens with one attached hydrogen (secondary N) is 1. The van der Waals surface area contributed by atoms with Gasteiger partial charge in [0.25, 0.3) is 0 Å². The van der Waals surface area contributed by atoms with Crippen LogP contribution in [-0.2, 0) is 66.0 Å². The van der Waals surface area contributed by atoms with Gasteiger partial charge < -0.3 is 84.6 Å². The molecular weight excluding hydrogens is 1100 g/mol. The predicted octanol–water partition coefficient (Wildman–Crippen LogP) is -0.395. The van der Waals surface area contributed by atoms with Gasteiger partial charge in [0.05, 0.1) is 57.8 Å². The van der Waals surface area contributed by atoms with E-state index < -0.39 is 192 Å². The molecule has 3 aliphatic heterocycles. The van der Waals surface area contributed by atoms with Crippen LogP contribution in [0.25, 0.3) is 0 Å². The summed E-state index contributed by atoms with van der Waals surface area (Å²) in [6.45, 7) is 0.453. The number of hydrogen-bond acceptors (Lipinski definition) is 26. The second-order valence-corrected chi connectivity index (χ2v) is 24.9. The van der Waals surface area contributed by atoms with E-state index in [0.29, 0.717) is 55.8 Å². The number of aliphatic hydroxyl groups is 9. The molecule has 0 aromatic heterocycles. The molecule has 0 aliphatic carbocycles. The first kappa shape index (κ1) is 70.0. The summed E-state index contributed by atoms with van der Waals surface area (Å²) >= 11 is 4.12. The molecule has 3 aliphatic rings. The van der Waals surface area contributed by atoms with Crippen LogP contribution in [-0.4, -0.2) is 241 Å². The van der Waals surface area contributed by atoms with Crippen molar-refractivity contribution in [2.75, 3.05) is 84.0 Å². The lowest BCUT2D eigenvalue weighted by atomic mass is 9.94. The normalized spacial score (nSPS) is 31.3. The van der Waals surface area contributed by atoms with Crippen LogP contribution < -0.4 is 5.32 Å². The van der Waals surface area contributed by atoms with Gasteiger partial charge in [-0.25, -0.2) is 4.57 Å². The standard InChI is InChI=1S/C48H84NO24PS3/c1-28-39(58)42(61)35(19-50)71-45(28)75-14-8-5-11-31(53)22-67-25-48(18-34(56)17-38(57)49-27-70-74(64,65)66-4,69-24-33(55)13-7-10-16-77-47-30(3)41(60)44(63)37(21-52)73-47)26-68-23-32(54)12-6-9-15-76-46-29(2)40(59)43(62)36(20-51)72-46/h28-30,35-37,39-47,50-52,58-63H,5-27H2,1-4H3,(H,49,57)(H,64,65)/t28?,29?,30?,35?,36?,37?,39-,40-,41-,42+,43+,44+,45+,46+,47+,48?/m1/s1. The molecule has 0 saturated carbocycles. The molecule has 0 spiro atoms. The molecule has 3 saturated heterocycles. The van der Waals surface area contributed by atoms with Gasteiger partial charge in [-0.15, -0.1) is 35.3 Å². The minimum Gasteiger partial charge on any atom is -0.394 e. The number of carbonyl (C=O) groups is 5. The number of aliphatic hydroxyl groups excluding tert-OH is 9. The van der Waals surface area contributed by atoms with Crippen LogP contribution in [0.1, 0.15) is 91.4 Å². The monoisotopic (exact) mass is 1190 g/mol. The van der Waals surface area contributed by atoms with E-state index in [4.69, 9.17) is 28.4 Å². The SMILES string of the molecule is COP(=O)(O)OCNC(=O)CC(=O)CC(COCC(=O)CCCCS[C@@H]1OC(CO)[C@H](O)[C@H](O)C1C)(COCC(=O)CCCCS[C@@H]1OC(CO)[C@H](O)[C@H](O)C1C)OCC(=O)CCCCS[C@@H]1OC(CO)[C@H](O)[C@H](O)C1C. The lowest BCUT2D eigenvalue weighted by Crippen LogP contribution is -2.53. The van der Waals surface area contributed by atoms with Crippen LogP contribution in [0.15, 0.2) is 0 Å². The lowest BCUT2D eigenvalue weighted by molar-refractivity contribution is -0.181. The third-order valence-electron chi connectivity index (χ3n) is 13.4. The maximum Gasteiger partial charge on any atom is 0.473 e. The third kappa shape index (κ3) is 24.2. The summed E-state index contributed by atoms with van der Waals surface area (Å²) in [4.78, 5) is 75.5. The smallest absolute Gasteiger partial charge is 0.394 e. The van der Waals surface area contributed by atoms with Crippen molar-refractivity contribution >= 4 is 72.1 Å². The number of hydrogen-bond donors (Lipinski definition) is 11. The lowest BCUT2D eigenvalue weighted by Gasteiger charge is -2.40. The fourth-order valence-electron chi connectivity index (χ4n) is 8.44. The number of amides is 1. The number of ether oxygens (including phenoxy) is 6. The Balaban J connectivity index is 1.66. The van der Waals surface area contributed by atoms with Gasteiger partial charge in [0.2, 0.25) is 5.91 Å². The summed E-state index contributed by atoms with van der Waals surface area (Å²) in [6, 6.07) is 0. The fourth-order valence-corrected chi connectivity index (χ4v) is 12.6. The van der Waals surface area contributed by atoms with Crippen molar-refractivity contribution < 1.29 is 117 Å². The minimum absolute atomic E-state index is 0.0206. The van der Waals surface area contributed by atoms with Crippen molar-refractivity contribution in [2.45, 2.75) is 168 Å². The third-order valence-corrected chi connectivity index (χ3v) is 18.5. The topological polar surface area (TPSA) is 391 Å². The number of rotatable bonds is 40. The molecule has 1 amide bonds. The summed E-state index contributed by atoms with van der Waals surface area (Å²) < 4.78 is 55.8. The maximum absolute atomic E-state index is 13.6. The molecule has 7 unspecified atom stereocenters. The van der Waals surface area contributed by atoms with Crippen molar-refractivity contribution in [1.29, 1.82) is 0 Å². The van der Waals surface area contributed by atoms with E-state index in [1.165, 1.54) is 35.3 Å². The van der Waals surface area contributed by atoms with Crippen molar-refractivity contribution in [3.63, 3.8) is 0 Å². The number of unbranched alkanes of at least 4 members (excludes halogenated alkanes) is 3. The van der Waals surface area contributed by atoms with Crippen LogP contribution >= 0.6 is 43.1 Å². The number of thioether (sulfide) groups is 3. The number of Topliss-reactive ketones (excluding diaryl/α,β-unsaturated/α-hetero) is 4. The highest BCUT2D eigenvalue weighted by Gasteiger charge is 2.44. The van der Waals surface area contributed by atoms with Gasteiger partial charge in [-0.3, -0.25) is 33.0 Å². The molecule has 29 heteroatoms. The summed E-state index contributed by atoms with van der Waals surface area (Å²) in [5.74, 6) is -2.45. The Morgan fingerprint density at radius 3 is 1.27 bits per heavy atom. The highest BCUT2D eigenvalue weighted by atomic mass is 32.2. The van der Waals surface area contributed by atoms with E-state index in [1.807, 2.05) is 0 Å². The molecule has 3 fully saturated rings. The largest absolute Gasteiger partial charge is 0.473 e. The quantitative estimate of drug-likeness (QED) is 0.0161. The highest BCUT2D eigenvalue weighted by molar-refractivity contribution is 8.00. The van der Waals surface area contributed by atoms with E-state index in [2.05, 4.69) is 14.4 Å². The van der Waals surface area contributed by atoms with Crippen molar-refractivity contribution in [3.05, 3.63) is 0 Å². The number of phosphoric acid groups is 1. The van der Waals surface area contributed by atoms with Crippen molar-refractivity contribution in [3.8, 4) is 0 Å². The molecular formula is C48H84NO24PS3. The molecule has 77 heavy (non-hydrogen) atoms. The average Bonchev–Trinajstić information content (AvgIpc) is 3.39. The number of phosphoric ester groups is 1. The Bertz CT molecular complexity index is 1760. The van der Waals surface area contributed by atoms with Gasteiger partial charge in [0, 0.05) is 50.5 Å². The van der Waals surface area contributed by atoms with Gasteiger partial charge >= 0.3 is 7.82 Å². The number of carbonyl (C=O) groups excluding carboxylic acids is 5. The molecule has 11 N–H and O–H groups in total. The molecule has 448 valence electrons. The minimum atomic E-state index is -4.47. The zero-order valence-electron chi connectivity index (χ0n) is 44.3. The first-order valence-corrected chi connectivity index (χ1v) is 30.5. The summed E-state index contributed by atoms with van der Waals surface area (Å²) in [7, 11) is -3.56. The van der Waals surface area contributed by atoms with E-state index in [0.717, 1.165) is 7.11 Å². The number of ketones is 4. The fraction of sp³-hybridized carbons (Fsp3) is 0.896. The van der Waals surface area contributed by atoms with Gasteiger partial charge in [-0.05, 0) is 55.8 Å². The molecule has 0 aromatic rings. The van der Waals surface area contributed by atoms with Gasteiger partial charge in [-0.2, -0.15) is 0 Å². The van der Waals surface area contributed by atoms with E-state index >= 15 is 0 Å². The Labute approximate surface area is 462 Å².